The van der Waals surface area contributed by atoms with Gasteiger partial charge in [-0.25, -0.2) is 0 Å². The van der Waals surface area contributed by atoms with Gasteiger partial charge in [-0.2, -0.15) is 0 Å². The fraction of sp³-hybridized carbons (Fsp3) is 0.455. The van der Waals surface area contributed by atoms with Crippen LogP contribution in [0.4, 0.5) is 0 Å². The van der Waals surface area contributed by atoms with Crippen LogP contribution < -0.4 is 5.32 Å². The number of likely N-dealkylation sites (tertiary alicyclic amines) is 1. The van der Waals surface area contributed by atoms with Crippen LogP contribution in [0.3, 0.4) is 0 Å². The zero-order chi connectivity index (χ0) is 19.4. The number of hydrogen-bond acceptors (Lipinski definition) is 3. The van der Waals surface area contributed by atoms with Gasteiger partial charge in [-0.05, 0) is 35.3 Å². The Balaban J connectivity index is 1.69. The van der Waals surface area contributed by atoms with Gasteiger partial charge in [-0.1, -0.05) is 57.2 Å². The highest BCUT2D eigenvalue weighted by molar-refractivity contribution is 7.12. The topological polar surface area (TPSA) is 49.4 Å². The van der Waals surface area contributed by atoms with Crippen LogP contribution in [0.2, 0.25) is 0 Å². The Morgan fingerprint density at radius 3 is 2.52 bits per heavy atom. The number of carbonyl (C=O) groups excluding carboxylic acids is 2. The van der Waals surface area contributed by atoms with E-state index in [1.165, 1.54) is 11.3 Å². The van der Waals surface area contributed by atoms with E-state index in [4.69, 9.17) is 0 Å². The maximum Gasteiger partial charge on any atom is 0.263 e. The van der Waals surface area contributed by atoms with Gasteiger partial charge >= 0.3 is 0 Å². The molecule has 2 amide bonds. The fourth-order valence-corrected chi connectivity index (χ4v) is 4.33. The summed E-state index contributed by atoms with van der Waals surface area (Å²) in [5, 5.41) is 5.17. The van der Waals surface area contributed by atoms with E-state index >= 15 is 0 Å². The van der Waals surface area contributed by atoms with Crippen LogP contribution in [0.25, 0.3) is 0 Å². The van der Waals surface area contributed by atoms with Crippen molar-refractivity contribution in [2.75, 3.05) is 13.1 Å². The first kappa shape index (κ1) is 19.6. The van der Waals surface area contributed by atoms with Crippen LogP contribution in [0.1, 0.15) is 54.9 Å². The third kappa shape index (κ3) is 4.78. The standard InChI is InChI=1S/C22H28N2O2S/c1-22(2,3)19(16-9-5-4-6-10-16)23-20(25)17-11-7-13-24(15-17)21(26)18-12-8-14-27-18/h4-6,8-10,12,14,17,19H,7,11,13,15H2,1-3H3,(H,23,25). The molecule has 2 aromatic rings. The summed E-state index contributed by atoms with van der Waals surface area (Å²) in [4.78, 5) is 28.2. The molecule has 2 atom stereocenters. The van der Waals surface area contributed by atoms with Crippen LogP contribution in [0.15, 0.2) is 47.8 Å². The lowest BCUT2D eigenvalue weighted by Gasteiger charge is -2.36. The Morgan fingerprint density at radius 2 is 1.89 bits per heavy atom. The SMILES string of the molecule is CC(C)(C)C(NC(=O)C1CCCN(C(=O)c2cccs2)C1)c1ccccc1. The molecule has 5 heteroatoms. The second-order valence-electron chi connectivity index (χ2n) is 8.29. The number of nitrogens with one attached hydrogen (secondary N) is 1. The highest BCUT2D eigenvalue weighted by Gasteiger charge is 2.33. The highest BCUT2D eigenvalue weighted by Crippen LogP contribution is 2.33. The van der Waals surface area contributed by atoms with Crippen molar-refractivity contribution in [3.05, 3.63) is 58.3 Å². The van der Waals surface area contributed by atoms with Crippen LogP contribution in [-0.4, -0.2) is 29.8 Å². The molecule has 144 valence electrons. The molecule has 1 aliphatic rings. The van der Waals surface area contributed by atoms with E-state index < -0.39 is 0 Å². The van der Waals surface area contributed by atoms with E-state index in [0.717, 1.165) is 29.8 Å². The molecule has 1 aliphatic heterocycles. The molecular weight excluding hydrogens is 356 g/mol. The van der Waals surface area contributed by atoms with Crippen molar-refractivity contribution in [1.29, 1.82) is 0 Å². The van der Waals surface area contributed by atoms with Crippen LogP contribution in [-0.2, 0) is 4.79 Å². The molecule has 0 aliphatic carbocycles. The van der Waals surface area contributed by atoms with E-state index in [1.54, 1.807) is 0 Å². The largest absolute Gasteiger partial charge is 0.348 e. The number of thiophene rings is 1. The first-order valence-corrected chi connectivity index (χ1v) is 10.4. The summed E-state index contributed by atoms with van der Waals surface area (Å²) in [6, 6.07) is 13.8. The van der Waals surface area contributed by atoms with E-state index in [9.17, 15) is 9.59 Å². The first-order valence-electron chi connectivity index (χ1n) is 9.54. The van der Waals surface area contributed by atoms with Crippen molar-refractivity contribution in [2.45, 2.75) is 39.7 Å². The second-order valence-corrected chi connectivity index (χ2v) is 9.23. The number of amides is 2. The van der Waals surface area contributed by atoms with Crippen molar-refractivity contribution >= 4 is 23.2 Å². The van der Waals surface area contributed by atoms with E-state index in [1.807, 2.05) is 40.6 Å². The molecule has 2 unspecified atom stereocenters. The van der Waals surface area contributed by atoms with E-state index in [2.05, 4.69) is 38.2 Å². The Kier molecular flexibility index (Phi) is 6.00. The molecule has 4 nitrogen and oxygen atoms in total. The summed E-state index contributed by atoms with van der Waals surface area (Å²) in [5.74, 6) is -0.0726. The molecule has 0 radical (unpaired) electrons. The summed E-state index contributed by atoms with van der Waals surface area (Å²) in [6.07, 6.45) is 1.69. The summed E-state index contributed by atoms with van der Waals surface area (Å²) in [7, 11) is 0. The third-order valence-corrected chi connectivity index (χ3v) is 5.95. The van der Waals surface area contributed by atoms with Crippen LogP contribution in [0.5, 0.6) is 0 Å². The van der Waals surface area contributed by atoms with E-state index in [0.29, 0.717) is 6.54 Å². The van der Waals surface area contributed by atoms with Gasteiger partial charge in [0.25, 0.3) is 5.91 Å². The molecule has 1 fully saturated rings. The van der Waals surface area contributed by atoms with Gasteiger partial charge in [0.05, 0.1) is 16.8 Å². The van der Waals surface area contributed by atoms with Gasteiger partial charge in [0.1, 0.15) is 0 Å². The van der Waals surface area contributed by atoms with Crippen LogP contribution in [0, 0.1) is 11.3 Å². The van der Waals surface area contributed by atoms with Crippen molar-refractivity contribution in [3.63, 3.8) is 0 Å². The smallest absolute Gasteiger partial charge is 0.263 e. The number of nitrogens with zero attached hydrogens (tertiary/aromatic N) is 1. The average molecular weight is 385 g/mol. The predicted molar refractivity (Wildman–Crippen MR) is 110 cm³/mol. The lowest BCUT2D eigenvalue weighted by atomic mass is 9.82. The predicted octanol–water partition coefficient (Wildman–Crippen LogP) is 4.50. The lowest BCUT2D eigenvalue weighted by molar-refractivity contribution is -0.127. The quantitative estimate of drug-likeness (QED) is 0.843. The van der Waals surface area contributed by atoms with Gasteiger partial charge in [0.15, 0.2) is 0 Å². The fourth-order valence-electron chi connectivity index (χ4n) is 3.64. The van der Waals surface area contributed by atoms with Gasteiger partial charge in [0.2, 0.25) is 5.91 Å². The van der Waals surface area contributed by atoms with Gasteiger partial charge in [-0.3, -0.25) is 9.59 Å². The summed E-state index contributed by atoms with van der Waals surface area (Å²) in [5.41, 5.74) is 1.01. The monoisotopic (exact) mass is 384 g/mol. The van der Waals surface area contributed by atoms with Crippen molar-refractivity contribution in [3.8, 4) is 0 Å². The molecular formula is C22H28N2O2S. The summed E-state index contributed by atoms with van der Waals surface area (Å²) < 4.78 is 0. The molecule has 0 saturated carbocycles. The number of carbonyl (C=O) groups is 2. The minimum atomic E-state index is -0.156. The molecule has 0 spiro atoms. The highest BCUT2D eigenvalue weighted by atomic mass is 32.1. The van der Waals surface area contributed by atoms with Crippen molar-refractivity contribution < 1.29 is 9.59 Å². The van der Waals surface area contributed by atoms with Gasteiger partial charge < -0.3 is 10.2 Å². The zero-order valence-electron chi connectivity index (χ0n) is 16.3. The summed E-state index contributed by atoms with van der Waals surface area (Å²) in [6.45, 7) is 7.63. The van der Waals surface area contributed by atoms with Gasteiger partial charge in [-0.15, -0.1) is 11.3 Å². The number of hydrogen-bond donors (Lipinski definition) is 1. The lowest BCUT2D eigenvalue weighted by Crippen LogP contribution is -2.47. The van der Waals surface area contributed by atoms with Crippen molar-refractivity contribution in [1.82, 2.24) is 10.2 Å². The van der Waals surface area contributed by atoms with Crippen molar-refractivity contribution in [2.24, 2.45) is 11.3 Å². The molecule has 1 saturated heterocycles. The molecule has 1 aromatic carbocycles. The zero-order valence-corrected chi connectivity index (χ0v) is 17.1. The molecule has 1 aromatic heterocycles. The number of benzene rings is 1. The first-order chi connectivity index (χ1) is 12.9. The average Bonchev–Trinajstić information content (AvgIpc) is 3.20. The minimum Gasteiger partial charge on any atom is -0.348 e. The minimum absolute atomic E-state index is 0.0398. The van der Waals surface area contributed by atoms with E-state index in [-0.39, 0.29) is 29.2 Å². The molecule has 1 N–H and O–H groups in total. The Hall–Kier alpha value is -2.14. The number of rotatable bonds is 4. The Bertz CT molecular complexity index is 765. The molecule has 3 rings (SSSR count). The Morgan fingerprint density at radius 1 is 1.15 bits per heavy atom. The van der Waals surface area contributed by atoms with Crippen LogP contribution >= 0.6 is 11.3 Å². The maximum absolute atomic E-state index is 13.0. The second kappa shape index (κ2) is 8.26. The summed E-state index contributed by atoms with van der Waals surface area (Å²) >= 11 is 1.45. The third-order valence-electron chi connectivity index (χ3n) is 5.10. The molecule has 0 bridgehead atoms. The molecule has 2 heterocycles. The van der Waals surface area contributed by atoms with Gasteiger partial charge in [0, 0.05) is 13.1 Å². The maximum atomic E-state index is 13.0. The Labute approximate surface area is 165 Å². The normalized spacial score (nSPS) is 18.8. The number of piperidine rings is 1. The molecule has 27 heavy (non-hydrogen) atoms.